The maximum Gasteiger partial charge on any atom is 0.264 e. The largest absolute Gasteiger partial charge is 0.398 e. The molecule has 0 radical (unpaired) electrons. The van der Waals surface area contributed by atoms with Gasteiger partial charge in [-0.05, 0) is 24.8 Å². The van der Waals surface area contributed by atoms with Crippen molar-refractivity contribution in [3.63, 3.8) is 0 Å². The van der Waals surface area contributed by atoms with E-state index in [0.29, 0.717) is 11.8 Å². The first-order valence-corrected chi connectivity index (χ1v) is 7.28. The fourth-order valence-electron chi connectivity index (χ4n) is 1.88. The lowest BCUT2D eigenvalue weighted by molar-refractivity contribution is 0.0720. The van der Waals surface area contributed by atoms with Crippen LogP contribution in [0.5, 0.6) is 0 Å². The first-order valence-electron chi connectivity index (χ1n) is 6.46. The number of anilines is 1. The third-order valence-corrected chi connectivity index (χ3v) is 3.68. The van der Waals surface area contributed by atoms with Gasteiger partial charge in [-0.2, -0.15) is 0 Å². The molecule has 1 aromatic rings. The molecule has 0 atom stereocenters. The van der Waals surface area contributed by atoms with Crippen molar-refractivity contribution in [3.05, 3.63) is 15.8 Å². The molecule has 1 amide bonds. The summed E-state index contributed by atoms with van der Waals surface area (Å²) in [7, 11) is 0. The van der Waals surface area contributed by atoms with Crippen molar-refractivity contribution in [2.24, 2.45) is 11.8 Å². The average Bonchev–Trinajstić information content (AvgIpc) is 2.56. The van der Waals surface area contributed by atoms with E-state index in [9.17, 15) is 4.79 Å². The topological polar surface area (TPSA) is 46.3 Å². The predicted molar refractivity (Wildman–Crippen MR) is 79.0 cm³/mol. The minimum atomic E-state index is 0.113. The van der Waals surface area contributed by atoms with Gasteiger partial charge in [-0.25, -0.2) is 0 Å². The van der Waals surface area contributed by atoms with Gasteiger partial charge in [0.25, 0.3) is 5.91 Å². The molecule has 18 heavy (non-hydrogen) atoms. The molecular weight excluding hydrogens is 244 g/mol. The summed E-state index contributed by atoms with van der Waals surface area (Å²) >= 11 is 1.49. The smallest absolute Gasteiger partial charge is 0.264 e. The van der Waals surface area contributed by atoms with Crippen molar-refractivity contribution in [2.75, 3.05) is 18.8 Å². The first kappa shape index (κ1) is 15.0. The van der Waals surface area contributed by atoms with E-state index in [1.807, 2.05) is 11.8 Å². The molecule has 1 rings (SSSR count). The maximum atomic E-state index is 12.5. The summed E-state index contributed by atoms with van der Waals surface area (Å²) in [5.41, 5.74) is 6.54. The van der Waals surface area contributed by atoms with Crippen LogP contribution in [0.25, 0.3) is 0 Å². The molecule has 1 aromatic heterocycles. The Kier molecular flexibility index (Phi) is 5.20. The molecular formula is C14H24N2OS. The number of carbonyl (C=O) groups is 1. The van der Waals surface area contributed by atoms with Gasteiger partial charge in [0.1, 0.15) is 0 Å². The van der Waals surface area contributed by atoms with Gasteiger partial charge in [0.2, 0.25) is 0 Å². The quantitative estimate of drug-likeness (QED) is 0.889. The van der Waals surface area contributed by atoms with E-state index in [0.717, 1.165) is 28.5 Å². The molecule has 4 heteroatoms. The molecule has 0 saturated carbocycles. The van der Waals surface area contributed by atoms with Gasteiger partial charge in [0.15, 0.2) is 0 Å². The molecule has 0 aromatic carbocycles. The van der Waals surface area contributed by atoms with E-state index in [1.54, 1.807) is 6.07 Å². The van der Waals surface area contributed by atoms with Gasteiger partial charge in [-0.1, -0.05) is 27.7 Å². The van der Waals surface area contributed by atoms with E-state index in [4.69, 9.17) is 5.73 Å². The second-order valence-electron chi connectivity index (χ2n) is 5.62. The normalized spacial score (nSPS) is 11.3. The van der Waals surface area contributed by atoms with Crippen molar-refractivity contribution in [1.82, 2.24) is 4.90 Å². The van der Waals surface area contributed by atoms with Gasteiger partial charge in [-0.3, -0.25) is 4.79 Å². The van der Waals surface area contributed by atoms with Crippen LogP contribution in [0, 0.1) is 18.8 Å². The summed E-state index contributed by atoms with van der Waals surface area (Å²) in [6.07, 6.45) is 0. The van der Waals surface area contributed by atoms with Crippen LogP contribution >= 0.6 is 11.3 Å². The summed E-state index contributed by atoms with van der Waals surface area (Å²) in [5.74, 6) is 1.07. The van der Waals surface area contributed by atoms with Crippen molar-refractivity contribution >= 4 is 22.9 Å². The lowest BCUT2D eigenvalue weighted by Gasteiger charge is -2.25. The highest BCUT2D eigenvalue weighted by atomic mass is 32.1. The van der Waals surface area contributed by atoms with Gasteiger partial charge < -0.3 is 10.6 Å². The van der Waals surface area contributed by atoms with Crippen LogP contribution in [0.4, 0.5) is 5.69 Å². The van der Waals surface area contributed by atoms with E-state index in [1.165, 1.54) is 11.3 Å². The minimum Gasteiger partial charge on any atom is -0.398 e. The number of nitrogens with zero attached hydrogens (tertiary/aromatic N) is 1. The molecule has 1 heterocycles. The Morgan fingerprint density at radius 3 is 2.11 bits per heavy atom. The number of nitrogen functional groups attached to an aromatic ring is 1. The van der Waals surface area contributed by atoms with Crippen LogP contribution in [-0.2, 0) is 0 Å². The van der Waals surface area contributed by atoms with Crippen LogP contribution in [0.15, 0.2) is 6.07 Å². The van der Waals surface area contributed by atoms with Crippen LogP contribution in [0.3, 0.4) is 0 Å². The summed E-state index contributed by atoms with van der Waals surface area (Å²) in [4.78, 5) is 16.2. The Morgan fingerprint density at radius 2 is 1.78 bits per heavy atom. The van der Waals surface area contributed by atoms with Crippen LogP contribution in [-0.4, -0.2) is 23.9 Å². The van der Waals surface area contributed by atoms with Crippen LogP contribution in [0.1, 0.15) is 42.2 Å². The summed E-state index contributed by atoms with van der Waals surface area (Å²) in [6.45, 7) is 12.1. The molecule has 0 saturated heterocycles. The monoisotopic (exact) mass is 268 g/mol. The molecule has 0 aliphatic carbocycles. The van der Waals surface area contributed by atoms with Crippen molar-refractivity contribution in [2.45, 2.75) is 34.6 Å². The number of amides is 1. The van der Waals surface area contributed by atoms with E-state index in [2.05, 4.69) is 27.7 Å². The molecule has 0 fully saturated rings. The number of aryl methyl sites for hydroxylation is 1. The average molecular weight is 268 g/mol. The van der Waals surface area contributed by atoms with Crippen molar-refractivity contribution in [3.8, 4) is 0 Å². The number of hydrogen-bond acceptors (Lipinski definition) is 3. The Balaban J connectivity index is 2.87. The Labute approximate surface area is 114 Å². The summed E-state index contributed by atoms with van der Waals surface area (Å²) in [5, 5.41) is 0. The molecule has 0 aliphatic rings. The zero-order valence-corrected chi connectivity index (χ0v) is 12.8. The van der Waals surface area contributed by atoms with Gasteiger partial charge in [0.05, 0.1) is 4.88 Å². The molecule has 0 aliphatic heterocycles. The van der Waals surface area contributed by atoms with Gasteiger partial charge >= 0.3 is 0 Å². The highest BCUT2D eigenvalue weighted by Gasteiger charge is 2.20. The number of thiophene rings is 1. The maximum absolute atomic E-state index is 12.5. The molecule has 0 bridgehead atoms. The van der Waals surface area contributed by atoms with Crippen LogP contribution in [0.2, 0.25) is 0 Å². The molecule has 0 unspecified atom stereocenters. The number of nitrogens with two attached hydrogens (primary N) is 1. The standard InChI is InChI=1S/C14H24N2OS/c1-9(2)7-16(8-10(3)4)14(17)13-6-12(15)11(5)18-13/h6,9-10H,7-8,15H2,1-5H3. The lowest BCUT2D eigenvalue weighted by atomic mass is 10.1. The number of hydrogen-bond donors (Lipinski definition) is 1. The molecule has 0 spiro atoms. The first-order chi connectivity index (χ1) is 8.31. The fraction of sp³-hybridized carbons (Fsp3) is 0.643. The highest BCUT2D eigenvalue weighted by molar-refractivity contribution is 7.14. The third-order valence-electron chi connectivity index (χ3n) is 2.63. The van der Waals surface area contributed by atoms with Crippen LogP contribution < -0.4 is 5.73 Å². The van der Waals surface area contributed by atoms with E-state index in [-0.39, 0.29) is 5.91 Å². The van der Waals surface area contributed by atoms with Gasteiger partial charge in [-0.15, -0.1) is 11.3 Å². The number of carbonyl (C=O) groups excluding carboxylic acids is 1. The zero-order chi connectivity index (χ0) is 13.9. The fourth-order valence-corrected chi connectivity index (χ4v) is 2.79. The van der Waals surface area contributed by atoms with E-state index >= 15 is 0 Å². The van der Waals surface area contributed by atoms with Crippen molar-refractivity contribution in [1.29, 1.82) is 0 Å². The van der Waals surface area contributed by atoms with Crippen molar-refractivity contribution < 1.29 is 4.79 Å². The second kappa shape index (κ2) is 6.23. The molecule has 3 nitrogen and oxygen atoms in total. The highest BCUT2D eigenvalue weighted by Crippen LogP contribution is 2.25. The van der Waals surface area contributed by atoms with E-state index < -0.39 is 0 Å². The molecule has 102 valence electrons. The Bertz CT molecular complexity index is 380. The second-order valence-corrected chi connectivity index (χ2v) is 6.88. The Hall–Kier alpha value is -1.03. The Morgan fingerprint density at radius 1 is 1.28 bits per heavy atom. The molecule has 2 N–H and O–H groups in total. The SMILES string of the molecule is Cc1sc(C(=O)N(CC(C)C)CC(C)C)cc1N. The predicted octanol–water partition coefficient (Wildman–Crippen LogP) is 3.39. The number of rotatable bonds is 5. The zero-order valence-electron chi connectivity index (χ0n) is 12.0. The summed E-state index contributed by atoms with van der Waals surface area (Å²) < 4.78 is 0. The minimum absolute atomic E-state index is 0.113. The lowest BCUT2D eigenvalue weighted by Crippen LogP contribution is -2.36. The van der Waals surface area contributed by atoms with Gasteiger partial charge in [0, 0.05) is 23.7 Å². The summed E-state index contributed by atoms with van der Waals surface area (Å²) in [6, 6.07) is 1.80. The third kappa shape index (κ3) is 4.02.